The Morgan fingerprint density at radius 3 is 1.44 bits per heavy atom. The third kappa shape index (κ3) is 12.0. The molecule has 0 spiro atoms. The highest BCUT2D eigenvalue weighted by molar-refractivity contribution is 5.81. The van der Waals surface area contributed by atoms with E-state index in [0.29, 0.717) is 44.1 Å². The Kier molecular flexibility index (Phi) is 17.2. The van der Waals surface area contributed by atoms with Gasteiger partial charge in [-0.1, -0.05) is 62.3 Å². The predicted molar refractivity (Wildman–Crippen MR) is 270 cm³/mol. The van der Waals surface area contributed by atoms with Crippen LogP contribution in [0.4, 0.5) is 0 Å². The van der Waals surface area contributed by atoms with Crippen LogP contribution < -0.4 is 0 Å². The molecule has 0 aromatic heterocycles. The third-order valence-corrected chi connectivity index (χ3v) is 20.5. The van der Waals surface area contributed by atoms with Gasteiger partial charge in [-0.2, -0.15) is 0 Å². The zero-order valence-corrected chi connectivity index (χ0v) is 46.0. The Morgan fingerprint density at radius 1 is 0.577 bits per heavy atom. The molecule has 13 aliphatic rings. The molecule has 1 saturated heterocycles. The van der Waals surface area contributed by atoms with Gasteiger partial charge in [0.25, 0.3) is 0 Å². The standard InChI is InChI=1S/C18H30O2.C17H28O2.C15H24O4.C9H14O4/c1-5-12(2)16(19)20-17(3,4)18-9-13-6-14(10-18)8-15(7-13)11-18;1-4-11(3)16(18)19-17(5-2)14-7-12-6-13(9-14)10-15(17)8-12;1-3-10(2)12(16)19-15-6-11-4-13(17,8-15)7-14(18,5-11)9-15;1-3-6(2)8(10)13-7-4-5-12-9(7)11/h12-15H,5-11H2,1-4H3;11-15H,4-10H2,1-3H3;10-11,17-18H,3-9H2,1-2H3;6-7H,3-5H2,1-2H3. The van der Waals surface area contributed by atoms with Crippen LogP contribution in [0.2, 0.25) is 0 Å². The summed E-state index contributed by atoms with van der Waals surface area (Å²) in [6.45, 7) is 22.6. The summed E-state index contributed by atoms with van der Waals surface area (Å²) >= 11 is 0. The molecule has 2 N–H and O–H groups in total. The maximum atomic E-state index is 12.3. The molecule has 7 unspecified atom stereocenters. The Morgan fingerprint density at radius 2 is 1.01 bits per heavy atom. The largest absolute Gasteiger partial charge is 0.463 e. The SMILES string of the molecule is CCC(C)C(=O)OC(C)(C)C12CC3CC(CC(C3)C1)C2.CCC(C)C(=O)OC1(CC)C2CC3CC(C2)CC1C3.CCC(C)C(=O)OC12CC3CC(O)(CC(O)(C3)C1)C2.CCC(C)C(=O)OC1CCOC1=O. The Labute approximate surface area is 427 Å². The molecule has 12 heteroatoms. The Balaban J connectivity index is 0.000000141. The highest BCUT2D eigenvalue weighted by atomic mass is 16.6. The first-order valence-electron chi connectivity index (χ1n) is 28.9. The van der Waals surface area contributed by atoms with Crippen molar-refractivity contribution in [2.75, 3.05) is 6.61 Å². The van der Waals surface area contributed by atoms with Crippen molar-refractivity contribution in [3.05, 3.63) is 0 Å². The molecule has 0 radical (unpaired) electrons. The molecule has 404 valence electrons. The van der Waals surface area contributed by atoms with Gasteiger partial charge in [-0.15, -0.1) is 0 Å². The molecule has 13 rings (SSSR count). The number of hydrogen-bond acceptors (Lipinski definition) is 12. The first kappa shape index (κ1) is 56.0. The first-order valence-corrected chi connectivity index (χ1v) is 28.9. The number of cyclic esters (lactones) is 1. The fourth-order valence-electron chi connectivity index (χ4n) is 16.6. The number of aliphatic hydroxyl groups is 2. The topological polar surface area (TPSA) is 172 Å². The molecule has 12 bridgehead atoms. The van der Waals surface area contributed by atoms with Crippen LogP contribution in [-0.4, -0.2) is 80.8 Å². The lowest BCUT2D eigenvalue weighted by atomic mass is 9.46. The molecule has 12 saturated carbocycles. The van der Waals surface area contributed by atoms with E-state index in [1.807, 2.05) is 34.6 Å². The minimum atomic E-state index is -0.829. The predicted octanol–water partition coefficient (Wildman–Crippen LogP) is 11.4. The van der Waals surface area contributed by atoms with Gasteiger partial charge in [-0.05, 0) is 183 Å². The van der Waals surface area contributed by atoms with Gasteiger partial charge in [-0.25, -0.2) is 4.79 Å². The molecule has 13 fully saturated rings. The van der Waals surface area contributed by atoms with Gasteiger partial charge in [0.1, 0.15) is 16.8 Å². The van der Waals surface area contributed by atoms with Gasteiger partial charge < -0.3 is 33.9 Å². The monoisotopic (exact) mass is 997 g/mol. The van der Waals surface area contributed by atoms with E-state index >= 15 is 0 Å². The number of carbonyl (C=O) groups is 5. The molecule has 12 aliphatic carbocycles. The first-order chi connectivity index (χ1) is 33.4. The lowest BCUT2D eigenvalue weighted by Crippen LogP contribution is -2.67. The molecule has 1 aliphatic heterocycles. The van der Waals surface area contributed by atoms with Crippen LogP contribution in [-0.2, 0) is 47.7 Å². The second kappa shape index (κ2) is 21.9. The summed E-state index contributed by atoms with van der Waals surface area (Å²) in [4.78, 5) is 58.8. The molecule has 1 heterocycles. The van der Waals surface area contributed by atoms with Crippen molar-refractivity contribution in [2.45, 2.75) is 258 Å². The van der Waals surface area contributed by atoms with Crippen LogP contribution in [0.25, 0.3) is 0 Å². The van der Waals surface area contributed by atoms with E-state index in [4.69, 9.17) is 18.9 Å². The van der Waals surface area contributed by atoms with E-state index in [0.717, 1.165) is 81.0 Å². The van der Waals surface area contributed by atoms with Crippen LogP contribution in [0.1, 0.15) is 224 Å². The zero-order chi connectivity index (χ0) is 51.9. The van der Waals surface area contributed by atoms with Crippen LogP contribution in [0.3, 0.4) is 0 Å². The number of carbonyl (C=O) groups excluding carboxylic acids is 5. The van der Waals surface area contributed by atoms with Crippen molar-refractivity contribution in [3.63, 3.8) is 0 Å². The Bertz CT molecular complexity index is 1820. The van der Waals surface area contributed by atoms with Crippen molar-refractivity contribution in [2.24, 2.45) is 76.4 Å². The summed E-state index contributed by atoms with van der Waals surface area (Å²) in [5.41, 5.74) is -2.40. The van der Waals surface area contributed by atoms with Gasteiger partial charge >= 0.3 is 29.8 Å². The number of ether oxygens (including phenoxy) is 5. The van der Waals surface area contributed by atoms with Crippen molar-refractivity contribution in [1.82, 2.24) is 0 Å². The number of esters is 5. The minimum absolute atomic E-state index is 0.00763. The highest BCUT2D eigenvalue weighted by Gasteiger charge is 2.65. The molecule has 0 aromatic rings. The zero-order valence-electron chi connectivity index (χ0n) is 46.0. The average Bonchev–Trinajstić information content (AvgIpc) is 3.70. The van der Waals surface area contributed by atoms with E-state index in [2.05, 4.69) is 39.4 Å². The summed E-state index contributed by atoms with van der Waals surface area (Å²) in [5.74, 6) is 5.15. The van der Waals surface area contributed by atoms with Gasteiger partial charge in [0, 0.05) is 31.1 Å². The van der Waals surface area contributed by atoms with Crippen molar-refractivity contribution in [3.8, 4) is 0 Å². The van der Waals surface area contributed by atoms with Gasteiger partial charge in [0.15, 0.2) is 0 Å². The second-order valence-corrected chi connectivity index (χ2v) is 26.3. The highest BCUT2D eigenvalue weighted by Crippen LogP contribution is 2.65. The molecule has 0 aromatic carbocycles. The van der Waals surface area contributed by atoms with Gasteiger partial charge in [0.2, 0.25) is 6.10 Å². The van der Waals surface area contributed by atoms with Gasteiger partial charge in [0.05, 0.1) is 41.5 Å². The smallest absolute Gasteiger partial charge is 0.347 e. The second-order valence-electron chi connectivity index (χ2n) is 26.3. The third-order valence-electron chi connectivity index (χ3n) is 20.5. The van der Waals surface area contributed by atoms with E-state index in [1.165, 1.54) is 70.6 Å². The van der Waals surface area contributed by atoms with E-state index in [-0.39, 0.29) is 70.1 Å². The molecular formula is C59H96O12. The summed E-state index contributed by atoms with van der Waals surface area (Å²) in [5, 5.41) is 21.2. The minimum Gasteiger partial charge on any atom is -0.463 e. The molecule has 12 nitrogen and oxygen atoms in total. The quantitative estimate of drug-likeness (QED) is 0.125. The maximum Gasteiger partial charge on any atom is 0.347 e. The molecular weight excluding hydrogens is 901 g/mol. The normalized spacial score (nSPS) is 41.1. The van der Waals surface area contributed by atoms with Crippen molar-refractivity contribution >= 4 is 29.8 Å². The van der Waals surface area contributed by atoms with E-state index in [9.17, 15) is 34.2 Å². The van der Waals surface area contributed by atoms with E-state index < -0.39 is 28.9 Å². The Hall–Kier alpha value is -2.73. The van der Waals surface area contributed by atoms with Crippen LogP contribution in [0.15, 0.2) is 0 Å². The summed E-state index contributed by atoms with van der Waals surface area (Å²) in [6, 6.07) is 0. The number of hydrogen-bond donors (Lipinski definition) is 2. The lowest BCUT2D eigenvalue weighted by Gasteiger charge is -2.62. The maximum absolute atomic E-state index is 12.3. The van der Waals surface area contributed by atoms with Crippen LogP contribution in [0.5, 0.6) is 0 Å². The molecule has 71 heavy (non-hydrogen) atoms. The van der Waals surface area contributed by atoms with Crippen molar-refractivity contribution < 1.29 is 57.9 Å². The lowest BCUT2D eigenvalue weighted by molar-refractivity contribution is -0.262. The van der Waals surface area contributed by atoms with Crippen molar-refractivity contribution in [1.29, 1.82) is 0 Å². The molecule has 7 atom stereocenters. The fourth-order valence-corrected chi connectivity index (χ4v) is 16.6. The van der Waals surface area contributed by atoms with Crippen LogP contribution >= 0.6 is 0 Å². The summed E-state index contributed by atoms with van der Waals surface area (Å²) in [7, 11) is 0. The summed E-state index contributed by atoms with van der Waals surface area (Å²) < 4.78 is 27.6. The number of rotatable bonds is 14. The average molecular weight is 997 g/mol. The van der Waals surface area contributed by atoms with E-state index in [1.54, 1.807) is 6.92 Å². The fraction of sp³-hybridized carbons (Fsp3) is 0.915. The van der Waals surface area contributed by atoms with Crippen LogP contribution in [0, 0.1) is 76.4 Å². The summed E-state index contributed by atoms with van der Waals surface area (Å²) in [6.07, 6.45) is 22.7. The molecule has 0 amide bonds. The van der Waals surface area contributed by atoms with Gasteiger partial charge in [-0.3, -0.25) is 19.2 Å².